The number of aromatic nitrogens is 5. The number of hydrogen-bond donors (Lipinski definition) is 0. The van der Waals surface area contributed by atoms with Crippen LogP contribution < -0.4 is 4.74 Å². The minimum absolute atomic E-state index is 0.564. The van der Waals surface area contributed by atoms with Crippen molar-refractivity contribution in [2.24, 2.45) is 7.05 Å². The van der Waals surface area contributed by atoms with Crippen LogP contribution in [0.2, 0.25) is 0 Å². The van der Waals surface area contributed by atoms with Gasteiger partial charge in [-0.3, -0.25) is 4.68 Å². The molecule has 7 heteroatoms. The van der Waals surface area contributed by atoms with Crippen molar-refractivity contribution in [3.63, 3.8) is 0 Å². The van der Waals surface area contributed by atoms with Gasteiger partial charge in [-0.15, -0.1) is 15.3 Å². The summed E-state index contributed by atoms with van der Waals surface area (Å²) in [5, 5.41) is 16.7. The number of rotatable bonds is 7. The number of thioether (sulfide) groups is 1. The third-order valence-electron chi connectivity index (χ3n) is 4.65. The molecule has 0 spiro atoms. The fourth-order valence-corrected chi connectivity index (χ4v) is 4.11. The first kappa shape index (κ1) is 18.6. The van der Waals surface area contributed by atoms with Gasteiger partial charge in [-0.1, -0.05) is 54.2 Å². The minimum atomic E-state index is 0.564. The van der Waals surface area contributed by atoms with Gasteiger partial charge in [0.2, 0.25) is 5.88 Å². The predicted octanol–water partition coefficient (Wildman–Crippen LogP) is 4.54. The molecule has 4 rings (SSSR count). The van der Waals surface area contributed by atoms with E-state index >= 15 is 0 Å². The molecule has 28 heavy (non-hydrogen) atoms. The Labute approximate surface area is 168 Å². The Morgan fingerprint density at radius 2 is 1.86 bits per heavy atom. The molecule has 0 N–H and O–H groups in total. The van der Waals surface area contributed by atoms with Crippen LogP contribution in [0.5, 0.6) is 5.88 Å². The van der Waals surface area contributed by atoms with Crippen molar-refractivity contribution in [3.8, 4) is 17.3 Å². The lowest BCUT2D eigenvalue weighted by Crippen LogP contribution is -1.98. The van der Waals surface area contributed by atoms with E-state index in [0.717, 1.165) is 28.8 Å². The van der Waals surface area contributed by atoms with E-state index in [9.17, 15) is 0 Å². The van der Waals surface area contributed by atoms with Crippen LogP contribution >= 0.6 is 11.8 Å². The number of hydrogen-bond acceptors (Lipinski definition) is 5. The molecule has 0 aliphatic rings. The predicted molar refractivity (Wildman–Crippen MR) is 113 cm³/mol. The zero-order valence-corrected chi connectivity index (χ0v) is 17.1. The van der Waals surface area contributed by atoms with E-state index in [0.29, 0.717) is 12.5 Å². The Balaban J connectivity index is 1.60. The first-order chi connectivity index (χ1) is 13.7. The Bertz CT molecular complexity index is 1100. The number of ether oxygens (including phenoxy) is 1. The molecule has 0 atom stereocenters. The topological polar surface area (TPSA) is 57.8 Å². The van der Waals surface area contributed by atoms with Crippen LogP contribution in [0.15, 0.2) is 53.8 Å². The van der Waals surface area contributed by atoms with Gasteiger partial charge in [-0.25, -0.2) is 0 Å². The van der Waals surface area contributed by atoms with Crippen LogP contribution in [-0.2, 0) is 19.3 Å². The van der Waals surface area contributed by atoms with E-state index in [4.69, 9.17) is 4.74 Å². The zero-order chi connectivity index (χ0) is 19.5. The third kappa shape index (κ3) is 3.49. The van der Waals surface area contributed by atoms with Crippen molar-refractivity contribution in [2.45, 2.75) is 31.3 Å². The highest BCUT2D eigenvalue weighted by Gasteiger charge is 2.19. The van der Waals surface area contributed by atoms with Crippen LogP contribution in [0.1, 0.15) is 19.4 Å². The number of benzene rings is 2. The van der Waals surface area contributed by atoms with Gasteiger partial charge in [0.25, 0.3) is 0 Å². The Morgan fingerprint density at radius 1 is 1.04 bits per heavy atom. The normalized spacial score (nSPS) is 11.2. The second-order valence-corrected chi connectivity index (χ2v) is 7.37. The van der Waals surface area contributed by atoms with Crippen LogP contribution in [0.25, 0.3) is 22.2 Å². The van der Waals surface area contributed by atoms with Gasteiger partial charge < -0.3 is 9.30 Å². The summed E-state index contributed by atoms with van der Waals surface area (Å²) in [6.07, 6.45) is 1.97. The smallest absolute Gasteiger partial charge is 0.243 e. The largest absolute Gasteiger partial charge is 0.476 e. The molecule has 6 nitrogen and oxygen atoms in total. The second-order valence-electron chi connectivity index (χ2n) is 6.43. The summed E-state index contributed by atoms with van der Waals surface area (Å²) >= 11 is 1.68. The lowest BCUT2D eigenvalue weighted by Gasteiger charge is -2.07. The molecular weight excluding hydrogens is 370 g/mol. The quantitative estimate of drug-likeness (QED) is 0.431. The van der Waals surface area contributed by atoms with E-state index in [-0.39, 0.29) is 0 Å². The molecule has 0 unspecified atom stereocenters. The summed E-state index contributed by atoms with van der Waals surface area (Å²) in [5.41, 5.74) is 2.16. The van der Waals surface area contributed by atoms with Crippen molar-refractivity contribution < 1.29 is 4.74 Å². The molecule has 144 valence electrons. The molecule has 0 fully saturated rings. The van der Waals surface area contributed by atoms with Gasteiger partial charge in [0.05, 0.1) is 6.61 Å². The lowest BCUT2D eigenvalue weighted by atomic mass is 10.1. The summed E-state index contributed by atoms with van der Waals surface area (Å²) in [7, 11) is 1.99. The average Bonchev–Trinajstić information content (AvgIpc) is 3.29. The molecule has 0 bridgehead atoms. The summed E-state index contributed by atoms with van der Waals surface area (Å²) in [5.74, 6) is 2.20. The average molecular weight is 394 g/mol. The first-order valence-electron chi connectivity index (χ1n) is 9.40. The molecule has 0 saturated carbocycles. The van der Waals surface area contributed by atoms with Crippen LogP contribution in [0.3, 0.4) is 0 Å². The summed E-state index contributed by atoms with van der Waals surface area (Å²) < 4.78 is 9.56. The maximum atomic E-state index is 5.70. The second kappa shape index (κ2) is 8.06. The molecule has 2 aromatic carbocycles. The molecule has 0 aliphatic heterocycles. The molecule has 0 amide bonds. The van der Waals surface area contributed by atoms with Gasteiger partial charge in [-0.05, 0) is 30.2 Å². The van der Waals surface area contributed by atoms with Gasteiger partial charge in [0.15, 0.2) is 11.0 Å². The van der Waals surface area contributed by atoms with Gasteiger partial charge in [-0.2, -0.15) is 0 Å². The van der Waals surface area contributed by atoms with Crippen LogP contribution in [-0.4, -0.2) is 31.2 Å². The van der Waals surface area contributed by atoms with Gasteiger partial charge >= 0.3 is 0 Å². The highest BCUT2D eigenvalue weighted by atomic mass is 32.2. The molecule has 4 aromatic rings. The fourth-order valence-electron chi connectivity index (χ4n) is 3.20. The Morgan fingerprint density at radius 3 is 2.68 bits per heavy atom. The number of nitrogens with zero attached hydrogens (tertiary/aromatic N) is 5. The van der Waals surface area contributed by atoms with Gasteiger partial charge in [0, 0.05) is 25.5 Å². The SMILES string of the molecule is CCOc1nn(CC)cc1-c1nnc(SCc2cccc3ccccc23)n1C. The number of aryl methyl sites for hydroxylation is 1. The highest BCUT2D eigenvalue weighted by Crippen LogP contribution is 2.31. The van der Waals surface area contributed by atoms with Crippen molar-refractivity contribution in [3.05, 3.63) is 54.2 Å². The van der Waals surface area contributed by atoms with Crippen molar-refractivity contribution in [1.29, 1.82) is 0 Å². The Hall–Kier alpha value is -2.80. The van der Waals surface area contributed by atoms with Crippen molar-refractivity contribution >= 4 is 22.5 Å². The molecular formula is C21H23N5OS. The summed E-state index contributed by atoms with van der Waals surface area (Å²) in [4.78, 5) is 0. The monoisotopic (exact) mass is 393 g/mol. The van der Waals surface area contributed by atoms with Crippen molar-refractivity contribution in [1.82, 2.24) is 24.5 Å². The molecule has 0 aliphatic carbocycles. The third-order valence-corrected chi connectivity index (χ3v) is 5.71. The van der Waals surface area contributed by atoms with E-state index in [1.165, 1.54) is 16.3 Å². The lowest BCUT2D eigenvalue weighted by molar-refractivity contribution is 0.322. The van der Waals surface area contributed by atoms with E-state index in [1.54, 1.807) is 11.8 Å². The molecule has 2 heterocycles. The zero-order valence-electron chi connectivity index (χ0n) is 16.3. The van der Waals surface area contributed by atoms with E-state index < -0.39 is 0 Å². The fraction of sp³-hybridized carbons (Fsp3) is 0.286. The molecule has 2 aromatic heterocycles. The van der Waals surface area contributed by atoms with E-state index in [1.807, 2.05) is 29.4 Å². The molecule has 0 radical (unpaired) electrons. The van der Waals surface area contributed by atoms with Gasteiger partial charge in [0.1, 0.15) is 5.56 Å². The van der Waals surface area contributed by atoms with Crippen LogP contribution in [0, 0.1) is 0 Å². The first-order valence-corrected chi connectivity index (χ1v) is 10.4. The summed E-state index contributed by atoms with van der Waals surface area (Å²) in [6.45, 7) is 5.35. The maximum Gasteiger partial charge on any atom is 0.243 e. The molecule has 0 saturated heterocycles. The van der Waals surface area contributed by atoms with E-state index in [2.05, 4.69) is 64.7 Å². The highest BCUT2D eigenvalue weighted by molar-refractivity contribution is 7.98. The number of fused-ring (bicyclic) bond motifs is 1. The standard InChI is InChI=1S/C21H23N5OS/c1-4-26-13-18(20(24-26)27-5-2)19-22-23-21(25(19)3)28-14-16-11-8-10-15-9-6-7-12-17(15)16/h6-13H,4-5,14H2,1-3H3. The summed E-state index contributed by atoms with van der Waals surface area (Å²) in [6, 6.07) is 14.9. The maximum absolute atomic E-state index is 5.70. The van der Waals surface area contributed by atoms with Crippen molar-refractivity contribution in [2.75, 3.05) is 6.61 Å². The minimum Gasteiger partial charge on any atom is -0.476 e. The Kier molecular flexibility index (Phi) is 5.34. The van der Waals surface area contributed by atoms with Crippen LogP contribution in [0.4, 0.5) is 0 Å².